The third-order valence-electron chi connectivity index (χ3n) is 4.55. The molecule has 0 spiro atoms. The predicted octanol–water partition coefficient (Wildman–Crippen LogP) is 0.434. The normalized spacial score (nSPS) is 30.6. The van der Waals surface area contributed by atoms with Crippen LogP contribution in [0.5, 0.6) is 0 Å². The number of ether oxygens (including phenoxy) is 1. The van der Waals surface area contributed by atoms with Crippen molar-refractivity contribution >= 4 is 11.9 Å². The number of amides is 1. The van der Waals surface area contributed by atoms with E-state index in [1.807, 2.05) is 0 Å². The van der Waals surface area contributed by atoms with E-state index in [9.17, 15) is 9.59 Å². The number of nitrogens with zero attached hydrogens (tertiary/aromatic N) is 2. The third kappa shape index (κ3) is 3.23. The Kier molecular flexibility index (Phi) is 5.41. The van der Waals surface area contributed by atoms with Gasteiger partial charge in [0.25, 0.3) is 0 Å². The Morgan fingerprint density at radius 2 is 2.05 bits per heavy atom. The SMILES string of the molecule is C#C[C@@H]1CC[C@@H](C#N)N1C(=O)CNC1CCCC1C(=O)OC. The van der Waals surface area contributed by atoms with Crippen LogP contribution in [-0.2, 0) is 14.3 Å². The molecule has 0 radical (unpaired) electrons. The number of carbonyl (C=O) groups excluding carboxylic acids is 2. The van der Waals surface area contributed by atoms with E-state index >= 15 is 0 Å². The molecule has 2 unspecified atom stereocenters. The van der Waals surface area contributed by atoms with Crippen LogP contribution < -0.4 is 5.32 Å². The number of hydrogen-bond donors (Lipinski definition) is 1. The van der Waals surface area contributed by atoms with Crippen LogP contribution in [0.15, 0.2) is 0 Å². The van der Waals surface area contributed by atoms with Crippen LogP contribution in [0.2, 0.25) is 0 Å². The quantitative estimate of drug-likeness (QED) is 0.602. The molecule has 118 valence electrons. The van der Waals surface area contributed by atoms with Crippen molar-refractivity contribution in [1.29, 1.82) is 5.26 Å². The molecular weight excluding hydrogens is 282 g/mol. The van der Waals surface area contributed by atoms with Gasteiger partial charge in [-0.3, -0.25) is 9.59 Å². The number of terminal acetylenes is 1. The molecule has 4 atom stereocenters. The van der Waals surface area contributed by atoms with Crippen molar-refractivity contribution in [2.75, 3.05) is 13.7 Å². The Morgan fingerprint density at radius 3 is 2.68 bits per heavy atom. The smallest absolute Gasteiger partial charge is 0.310 e. The molecule has 1 saturated heterocycles. The second-order valence-electron chi connectivity index (χ2n) is 5.75. The maximum Gasteiger partial charge on any atom is 0.310 e. The summed E-state index contributed by atoms with van der Waals surface area (Å²) < 4.78 is 4.80. The molecule has 2 rings (SSSR count). The zero-order valence-corrected chi connectivity index (χ0v) is 12.7. The maximum absolute atomic E-state index is 12.4. The molecule has 1 amide bonds. The van der Waals surface area contributed by atoms with Gasteiger partial charge < -0.3 is 15.0 Å². The average molecular weight is 303 g/mol. The second kappa shape index (κ2) is 7.29. The Morgan fingerprint density at radius 1 is 1.32 bits per heavy atom. The van der Waals surface area contributed by atoms with Gasteiger partial charge in [-0.15, -0.1) is 6.42 Å². The number of likely N-dealkylation sites (tertiary alicyclic amines) is 1. The Bertz CT molecular complexity index is 498. The Balaban J connectivity index is 1.93. The van der Waals surface area contributed by atoms with Gasteiger partial charge in [0.05, 0.1) is 31.7 Å². The van der Waals surface area contributed by atoms with E-state index in [4.69, 9.17) is 16.4 Å². The van der Waals surface area contributed by atoms with Gasteiger partial charge >= 0.3 is 5.97 Å². The van der Waals surface area contributed by atoms with E-state index in [1.165, 1.54) is 12.0 Å². The molecule has 1 aliphatic carbocycles. The molecule has 1 heterocycles. The summed E-state index contributed by atoms with van der Waals surface area (Å²) in [4.78, 5) is 25.6. The molecule has 1 saturated carbocycles. The van der Waals surface area contributed by atoms with Crippen LogP contribution in [0.25, 0.3) is 0 Å². The number of nitrogens with one attached hydrogen (secondary N) is 1. The van der Waals surface area contributed by atoms with Crippen molar-refractivity contribution in [2.45, 2.75) is 50.2 Å². The lowest BCUT2D eigenvalue weighted by atomic mass is 10.0. The second-order valence-corrected chi connectivity index (χ2v) is 5.75. The number of methoxy groups -OCH3 is 1. The van der Waals surface area contributed by atoms with E-state index in [0.29, 0.717) is 12.8 Å². The average Bonchev–Trinajstić information content (AvgIpc) is 3.17. The Labute approximate surface area is 130 Å². The van der Waals surface area contributed by atoms with Gasteiger partial charge in [-0.05, 0) is 25.7 Å². The fourth-order valence-electron chi connectivity index (χ4n) is 3.40. The van der Waals surface area contributed by atoms with Gasteiger partial charge in [-0.2, -0.15) is 5.26 Å². The molecule has 1 N–H and O–H groups in total. The highest BCUT2D eigenvalue weighted by molar-refractivity contribution is 5.80. The van der Waals surface area contributed by atoms with Crippen molar-refractivity contribution in [3.05, 3.63) is 0 Å². The molecule has 6 heteroatoms. The molecule has 0 aromatic rings. The molecule has 2 fully saturated rings. The van der Waals surface area contributed by atoms with Gasteiger partial charge in [-0.25, -0.2) is 0 Å². The van der Waals surface area contributed by atoms with Crippen molar-refractivity contribution in [1.82, 2.24) is 10.2 Å². The van der Waals surface area contributed by atoms with Crippen LogP contribution in [0.1, 0.15) is 32.1 Å². The molecule has 0 aromatic carbocycles. The summed E-state index contributed by atoms with van der Waals surface area (Å²) in [5, 5.41) is 12.3. The topological polar surface area (TPSA) is 82.4 Å². The van der Waals surface area contributed by atoms with Crippen LogP contribution >= 0.6 is 0 Å². The monoisotopic (exact) mass is 303 g/mol. The molecule has 0 aromatic heterocycles. The summed E-state index contributed by atoms with van der Waals surface area (Å²) in [6.07, 6.45) is 9.27. The predicted molar refractivity (Wildman–Crippen MR) is 79.2 cm³/mol. The fourth-order valence-corrected chi connectivity index (χ4v) is 3.40. The molecule has 22 heavy (non-hydrogen) atoms. The number of carbonyl (C=O) groups is 2. The number of hydrogen-bond acceptors (Lipinski definition) is 5. The zero-order chi connectivity index (χ0) is 16.1. The number of esters is 1. The van der Waals surface area contributed by atoms with E-state index in [2.05, 4.69) is 17.3 Å². The van der Waals surface area contributed by atoms with Crippen molar-refractivity contribution in [3.8, 4) is 18.4 Å². The molecule has 2 aliphatic rings. The zero-order valence-electron chi connectivity index (χ0n) is 12.7. The third-order valence-corrected chi connectivity index (χ3v) is 4.55. The fraction of sp³-hybridized carbons (Fsp3) is 0.688. The summed E-state index contributed by atoms with van der Waals surface area (Å²) in [6, 6.07) is 1.32. The van der Waals surface area contributed by atoms with Gasteiger partial charge in [-0.1, -0.05) is 12.3 Å². The molecule has 1 aliphatic heterocycles. The van der Waals surface area contributed by atoms with Crippen LogP contribution in [0.3, 0.4) is 0 Å². The van der Waals surface area contributed by atoms with Gasteiger partial charge in [0.2, 0.25) is 5.91 Å². The van der Waals surface area contributed by atoms with Gasteiger partial charge in [0.15, 0.2) is 0 Å². The summed E-state index contributed by atoms with van der Waals surface area (Å²) in [7, 11) is 1.38. The van der Waals surface area contributed by atoms with Gasteiger partial charge in [0, 0.05) is 6.04 Å². The first-order chi connectivity index (χ1) is 10.6. The minimum Gasteiger partial charge on any atom is -0.469 e. The first-order valence-electron chi connectivity index (χ1n) is 7.60. The van der Waals surface area contributed by atoms with Crippen LogP contribution in [0.4, 0.5) is 0 Å². The van der Waals surface area contributed by atoms with Crippen LogP contribution in [0, 0.1) is 29.6 Å². The number of nitriles is 1. The van der Waals surface area contributed by atoms with Crippen molar-refractivity contribution < 1.29 is 14.3 Å². The molecule has 0 bridgehead atoms. The lowest BCUT2D eigenvalue weighted by Gasteiger charge is -2.26. The summed E-state index contributed by atoms with van der Waals surface area (Å²) >= 11 is 0. The molecular formula is C16H21N3O3. The van der Waals surface area contributed by atoms with E-state index < -0.39 is 6.04 Å². The minimum atomic E-state index is -0.449. The first-order valence-corrected chi connectivity index (χ1v) is 7.60. The highest BCUT2D eigenvalue weighted by atomic mass is 16.5. The summed E-state index contributed by atoms with van der Waals surface area (Å²) in [6.45, 7) is 0.0918. The van der Waals surface area contributed by atoms with Crippen LogP contribution in [-0.4, -0.2) is 48.6 Å². The molecule has 6 nitrogen and oxygen atoms in total. The lowest BCUT2D eigenvalue weighted by molar-refractivity contribution is -0.146. The van der Waals surface area contributed by atoms with E-state index in [0.717, 1.165) is 19.3 Å². The van der Waals surface area contributed by atoms with Crippen molar-refractivity contribution in [2.24, 2.45) is 5.92 Å². The van der Waals surface area contributed by atoms with E-state index in [1.54, 1.807) is 0 Å². The first kappa shape index (κ1) is 16.3. The standard InChI is InChI=1S/C16H21N3O3/c1-3-11-7-8-12(9-17)19(11)15(20)10-18-14-6-4-5-13(14)16(21)22-2/h1,11-14,18H,4-8,10H2,2H3/t11-,12+,13?,14?/m1/s1. The largest absolute Gasteiger partial charge is 0.469 e. The van der Waals surface area contributed by atoms with Gasteiger partial charge in [0.1, 0.15) is 6.04 Å². The maximum atomic E-state index is 12.4. The minimum absolute atomic E-state index is 0.0520. The summed E-state index contributed by atoms with van der Waals surface area (Å²) in [5.41, 5.74) is 0. The highest BCUT2D eigenvalue weighted by Crippen LogP contribution is 2.27. The highest BCUT2D eigenvalue weighted by Gasteiger charge is 2.37. The Hall–Kier alpha value is -2.05. The number of rotatable bonds is 4. The summed E-state index contributed by atoms with van der Waals surface area (Å²) in [5.74, 6) is 1.96. The lowest BCUT2D eigenvalue weighted by Crippen LogP contribution is -2.47. The van der Waals surface area contributed by atoms with E-state index in [-0.39, 0.29) is 36.4 Å². The van der Waals surface area contributed by atoms with Crippen molar-refractivity contribution in [3.63, 3.8) is 0 Å².